The van der Waals surface area contributed by atoms with E-state index in [2.05, 4.69) is 23.3 Å². The van der Waals surface area contributed by atoms with Gasteiger partial charge in [0.15, 0.2) is 6.10 Å². The number of unbranched alkanes of at least 4 members (excludes halogenated alkanes) is 22. The number of carbonyl (C=O) groups is 1. The van der Waals surface area contributed by atoms with E-state index >= 15 is 0 Å². The van der Waals surface area contributed by atoms with Crippen LogP contribution in [-0.4, -0.2) is 18.7 Å². The molecule has 0 N–H and O–H groups in total. The van der Waals surface area contributed by atoms with Crippen molar-refractivity contribution in [1.82, 2.24) is 0 Å². The van der Waals surface area contributed by atoms with E-state index in [1.54, 1.807) is 0 Å². The summed E-state index contributed by atoms with van der Waals surface area (Å²) < 4.78 is 10.8. The van der Waals surface area contributed by atoms with Gasteiger partial charge in [0, 0.05) is 9.47 Å². The predicted octanol–water partition coefficient (Wildman–Crippen LogP) is 10.5. The first-order chi connectivity index (χ1) is 16.8. The Balaban J connectivity index is 3.41. The van der Waals surface area contributed by atoms with Crippen LogP contribution in [0.5, 0.6) is 0 Å². The SMILES string of the molecule is CCCCCCCCCCCCCCCCOC(=O)C(CCCCCCCCCCCC)OP. The molecule has 0 radical (unpaired) electrons. The minimum Gasteiger partial charge on any atom is -0.464 e. The third kappa shape index (κ3) is 25.0. The van der Waals surface area contributed by atoms with E-state index in [0.717, 1.165) is 25.7 Å². The molecule has 2 atom stereocenters. The molecule has 204 valence electrons. The third-order valence-corrected chi connectivity index (χ3v) is 7.32. The van der Waals surface area contributed by atoms with Crippen molar-refractivity contribution >= 4 is 15.4 Å². The standard InChI is InChI=1S/C30H61O3P/c1-3-5-7-9-11-13-15-16-17-18-20-22-24-26-28-32-30(31)29(33-34)27-25-23-21-19-14-12-10-8-6-4-2/h29H,3-28,34H2,1-2H3. The first-order valence-electron chi connectivity index (χ1n) is 15.3. The molecule has 34 heavy (non-hydrogen) atoms. The molecule has 0 bridgehead atoms. The number of ether oxygens (including phenoxy) is 1. The Morgan fingerprint density at radius 2 is 0.853 bits per heavy atom. The zero-order chi connectivity index (χ0) is 25.0. The third-order valence-electron chi connectivity index (χ3n) is 6.99. The largest absolute Gasteiger partial charge is 0.464 e. The van der Waals surface area contributed by atoms with E-state index in [1.807, 2.05) is 0 Å². The van der Waals surface area contributed by atoms with Gasteiger partial charge in [-0.1, -0.05) is 162 Å². The summed E-state index contributed by atoms with van der Waals surface area (Å²) >= 11 is 0. The fraction of sp³-hybridized carbons (Fsp3) is 0.967. The van der Waals surface area contributed by atoms with Crippen LogP contribution in [0.25, 0.3) is 0 Å². The van der Waals surface area contributed by atoms with E-state index in [4.69, 9.17) is 9.26 Å². The summed E-state index contributed by atoms with van der Waals surface area (Å²) in [5.41, 5.74) is 0. The summed E-state index contributed by atoms with van der Waals surface area (Å²) in [6.45, 7) is 5.09. The molecule has 0 amide bonds. The molecule has 0 spiro atoms. The van der Waals surface area contributed by atoms with Crippen LogP contribution in [0.3, 0.4) is 0 Å². The molecule has 2 unspecified atom stereocenters. The fourth-order valence-electron chi connectivity index (χ4n) is 4.62. The lowest BCUT2D eigenvalue weighted by Crippen LogP contribution is -2.24. The average Bonchev–Trinajstić information content (AvgIpc) is 2.85. The quantitative estimate of drug-likeness (QED) is 0.0609. The summed E-state index contributed by atoms with van der Waals surface area (Å²) in [5, 5.41) is 0. The van der Waals surface area contributed by atoms with Crippen LogP contribution in [0, 0.1) is 0 Å². The van der Waals surface area contributed by atoms with Gasteiger partial charge in [-0.15, -0.1) is 0 Å². The summed E-state index contributed by atoms with van der Waals surface area (Å²) in [4.78, 5) is 12.2. The molecule has 0 saturated heterocycles. The highest BCUT2D eigenvalue weighted by atomic mass is 31.0. The second-order valence-electron chi connectivity index (χ2n) is 10.4. The molecule has 0 aliphatic rings. The van der Waals surface area contributed by atoms with E-state index < -0.39 is 6.10 Å². The smallest absolute Gasteiger partial charge is 0.335 e. The minimum atomic E-state index is -0.411. The molecular formula is C30H61O3P. The molecule has 0 saturated carbocycles. The van der Waals surface area contributed by atoms with Crippen LogP contribution in [0.1, 0.15) is 174 Å². The van der Waals surface area contributed by atoms with Gasteiger partial charge >= 0.3 is 5.97 Å². The molecule has 0 heterocycles. The second-order valence-corrected chi connectivity index (χ2v) is 10.6. The maximum Gasteiger partial charge on any atom is 0.335 e. The highest BCUT2D eigenvalue weighted by Crippen LogP contribution is 2.16. The molecule has 0 aliphatic carbocycles. The maximum absolute atomic E-state index is 12.2. The Morgan fingerprint density at radius 3 is 1.21 bits per heavy atom. The normalized spacial score (nSPS) is 12.2. The van der Waals surface area contributed by atoms with Crippen molar-refractivity contribution in [2.75, 3.05) is 6.61 Å². The fourth-order valence-corrected chi connectivity index (χ4v) is 4.87. The van der Waals surface area contributed by atoms with E-state index in [-0.39, 0.29) is 5.97 Å². The lowest BCUT2D eigenvalue weighted by Gasteiger charge is -2.14. The number of carbonyl (C=O) groups excluding carboxylic acids is 1. The van der Waals surface area contributed by atoms with E-state index in [1.165, 1.54) is 135 Å². The lowest BCUT2D eigenvalue weighted by molar-refractivity contribution is -0.151. The second kappa shape index (κ2) is 29.1. The zero-order valence-electron chi connectivity index (χ0n) is 23.3. The summed E-state index contributed by atoms with van der Waals surface area (Å²) in [6.07, 6.45) is 32.2. The molecular weight excluding hydrogens is 439 g/mol. The van der Waals surface area contributed by atoms with Gasteiger partial charge < -0.3 is 9.26 Å². The Hall–Kier alpha value is -0.140. The van der Waals surface area contributed by atoms with Gasteiger partial charge in [0.1, 0.15) is 0 Å². The van der Waals surface area contributed by atoms with Crippen molar-refractivity contribution in [3.63, 3.8) is 0 Å². The summed E-state index contributed by atoms with van der Waals surface area (Å²) in [5.74, 6) is -0.180. The summed E-state index contributed by atoms with van der Waals surface area (Å²) in [7, 11) is 2.25. The molecule has 0 aromatic heterocycles. The van der Waals surface area contributed by atoms with E-state index in [0.29, 0.717) is 6.61 Å². The molecule has 0 aromatic carbocycles. The van der Waals surface area contributed by atoms with E-state index in [9.17, 15) is 4.79 Å². The minimum absolute atomic E-state index is 0.180. The molecule has 0 aromatic rings. The van der Waals surface area contributed by atoms with Crippen LogP contribution >= 0.6 is 9.47 Å². The number of hydrogen-bond acceptors (Lipinski definition) is 3. The van der Waals surface area contributed by atoms with Crippen LogP contribution in [0.2, 0.25) is 0 Å². The topological polar surface area (TPSA) is 35.5 Å². The van der Waals surface area contributed by atoms with Crippen molar-refractivity contribution in [2.45, 2.75) is 180 Å². The molecule has 3 nitrogen and oxygen atoms in total. The molecule has 0 fully saturated rings. The van der Waals surface area contributed by atoms with Crippen LogP contribution in [0.4, 0.5) is 0 Å². The van der Waals surface area contributed by atoms with Gasteiger partial charge in [-0.2, -0.15) is 0 Å². The molecule has 4 heteroatoms. The van der Waals surface area contributed by atoms with Gasteiger partial charge in [0.25, 0.3) is 0 Å². The van der Waals surface area contributed by atoms with Gasteiger partial charge in [-0.3, -0.25) is 0 Å². The highest BCUT2D eigenvalue weighted by Gasteiger charge is 2.18. The Bertz CT molecular complexity index is 403. The average molecular weight is 501 g/mol. The van der Waals surface area contributed by atoms with Crippen molar-refractivity contribution < 1.29 is 14.1 Å². The van der Waals surface area contributed by atoms with Gasteiger partial charge in [-0.05, 0) is 12.8 Å². The Morgan fingerprint density at radius 1 is 0.529 bits per heavy atom. The van der Waals surface area contributed by atoms with Crippen molar-refractivity contribution in [3.05, 3.63) is 0 Å². The van der Waals surface area contributed by atoms with Crippen LogP contribution in [-0.2, 0) is 14.1 Å². The first-order valence-corrected chi connectivity index (χ1v) is 15.8. The predicted molar refractivity (Wildman–Crippen MR) is 152 cm³/mol. The van der Waals surface area contributed by atoms with Crippen molar-refractivity contribution in [2.24, 2.45) is 0 Å². The van der Waals surface area contributed by atoms with Crippen molar-refractivity contribution in [1.29, 1.82) is 0 Å². The Labute approximate surface area is 216 Å². The number of hydrogen-bond donors (Lipinski definition) is 0. The summed E-state index contributed by atoms with van der Waals surface area (Å²) in [6, 6.07) is 0. The Kier molecular flexibility index (Phi) is 29.0. The monoisotopic (exact) mass is 500 g/mol. The van der Waals surface area contributed by atoms with Gasteiger partial charge in [0.2, 0.25) is 0 Å². The van der Waals surface area contributed by atoms with Crippen molar-refractivity contribution in [3.8, 4) is 0 Å². The lowest BCUT2D eigenvalue weighted by atomic mass is 10.0. The van der Waals surface area contributed by atoms with Gasteiger partial charge in [0.05, 0.1) is 6.61 Å². The highest BCUT2D eigenvalue weighted by molar-refractivity contribution is 7.09. The van der Waals surface area contributed by atoms with Crippen LogP contribution < -0.4 is 0 Å². The van der Waals surface area contributed by atoms with Gasteiger partial charge in [-0.25, -0.2) is 4.79 Å². The zero-order valence-corrected chi connectivity index (χ0v) is 24.4. The number of rotatable bonds is 28. The first kappa shape index (κ1) is 33.9. The van der Waals surface area contributed by atoms with Crippen LogP contribution in [0.15, 0.2) is 0 Å². The number of esters is 1. The molecule has 0 aliphatic heterocycles. The maximum atomic E-state index is 12.2. The molecule has 0 rings (SSSR count).